The highest BCUT2D eigenvalue weighted by molar-refractivity contribution is 6.30. The number of hydrogen-bond donors (Lipinski definition) is 2. The summed E-state index contributed by atoms with van der Waals surface area (Å²) in [6.45, 7) is 0. The first-order valence-electron chi connectivity index (χ1n) is 5.06. The topological polar surface area (TPSA) is 55.1 Å². The van der Waals surface area contributed by atoms with Crippen LogP contribution in [0.1, 0.15) is 24.4 Å². The van der Waals surface area contributed by atoms with Gasteiger partial charge in [-0.05, 0) is 24.1 Å². The molecule has 1 aliphatic heterocycles. The maximum atomic E-state index is 13.3. The molecular weight excluding hydrogens is 231 g/mol. The van der Waals surface area contributed by atoms with Crippen molar-refractivity contribution in [3.63, 3.8) is 0 Å². The van der Waals surface area contributed by atoms with E-state index in [0.717, 1.165) is 0 Å². The Kier molecular flexibility index (Phi) is 3.12. The normalized spacial score (nSPS) is 25.3. The Bertz CT molecular complexity index is 424. The van der Waals surface area contributed by atoms with E-state index in [2.05, 4.69) is 5.32 Å². The summed E-state index contributed by atoms with van der Waals surface area (Å²) < 4.78 is 13.3. The van der Waals surface area contributed by atoms with Gasteiger partial charge in [-0.25, -0.2) is 4.39 Å². The Morgan fingerprint density at radius 3 is 2.88 bits per heavy atom. The predicted molar refractivity (Wildman–Crippen MR) is 59.5 cm³/mol. The average molecular weight is 243 g/mol. The van der Waals surface area contributed by atoms with Crippen LogP contribution in [0.2, 0.25) is 5.02 Å². The molecule has 1 aromatic carbocycles. The van der Waals surface area contributed by atoms with Crippen molar-refractivity contribution in [2.24, 2.45) is 5.73 Å². The second-order valence-electron chi connectivity index (χ2n) is 3.99. The van der Waals surface area contributed by atoms with E-state index in [-0.39, 0.29) is 23.0 Å². The number of piperidine rings is 1. The Labute approximate surface area is 97.8 Å². The number of halogens is 2. The average Bonchev–Trinajstić information content (AvgIpc) is 2.20. The van der Waals surface area contributed by atoms with E-state index in [1.54, 1.807) is 6.07 Å². The zero-order valence-electron chi connectivity index (χ0n) is 8.54. The first kappa shape index (κ1) is 11.4. The molecule has 0 radical (unpaired) electrons. The van der Waals surface area contributed by atoms with Crippen LogP contribution in [0, 0.1) is 5.82 Å². The van der Waals surface area contributed by atoms with Crippen molar-refractivity contribution in [1.29, 1.82) is 0 Å². The summed E-state index contributed by atoms with van der Waals surface area (Å²) in [6, 6.07) is 4.14. The molecular formula is C11H12ClFN2O. The fourth-order valence-corrected chi connectivity index (χ4v) is 2.00. The lowest BCUT2D eigenvalue weighted by molar-refractivity contribution is -0.123. The fraction of sp³-hybridized carbons (Fsp3) is 0.364. The van der Waals surface area contributed by atoms with Gasteiger partial charge in [-0.15, -0.1) is 0 Å². The smallest absolute Gasteiger partial charge is 0.222 e. The molecule has 0 spiro atoms. The number of hydrogen-bond acceptors (Lipinski definition) is 2. The number of nitrogens with two attached hydrogens (primary N) is 1. The van der Waals surface area contributed by atoms with E-state index in [0.29, 0.717) is 18.4 Å². The van der Waals surface area contributed by atoms with E-state index in [4.69, 9.17) is 17.3 Å². The molecule has 1 saturated heterocycles. The highest BCUT2D eigenvalue weighted by Gasteiger charge is 2.25. The van der Waals surface area contributed by atoms with E-state index < -0.39 is 5.82 Å². The van der Waals surface area contributed by atoms with Crippen LogP contribution in [0.3, 0.4) is 0 Å². The molecule has 2 unspecified atom stereocenters. The fourth-order valence-electron chi connectivity index (χ4n) is 1.88. The van der Waals surface area contributed by atoms with Crippen molar-refractivity contribution in [1.82, 2.24) is 5.32 Å². The molecule has 1 fully saturated rings. The van der Waals surface area contributed by atoms with E-state index in [1.807, 2.05) is 0 Å². The Balaban J connectivity index is 2.23. The van der Waals surface area contributed by atoms with Crippen LogP contribution in [0.25, 0.3) is 0 Å². The highest BCUT2D eigenvalue weighted by Crippen LogP contribution is 2.25. The molecule has 1 amide bonds. The Morgan fingerprint density at radius 1 is 1.50 bits per heavy atom. The minimum absolute atomic E-state index is 0.0789. The second-order valence-corrected chi connectivity index (χ2v) is 4.40. The third-order valence-corrected chi connectivity index (χ3v) is 2.97. The molecule has 0 bridgehead atoms. The second kappa shape index (κ2) is 4.39. The van der Waals surface area contributed by atoms with Crippen LogP contribution in [0.15, 0.2) is 18.2 Å². The lowest BCUT2D eigenvalue weighted by atomic mass is 9.94. The van der Waals surface area contributed by atoms with Gasteiger partial charge in [-0.1, -0.05) is 17.7 Å². The monoisotopic (exact) mass is 242 g/mol. The van der Waals surface area contributed by atoms with Gasteiger partial charge >= 0.3 is 0 Å². The van der Waals surface area contributed by atoms with Crippen molar-refractivity contribution < 1.29 is 9.18 Å². The summed E-state index contributed by atoms with van der Waals surface area (Å²) in [4.78, 5) is 11.3. The molecule has 0 saturated carbocycles. The van der Waals surface area contributed by atoms with E-state index in [9.17, 15) is 9.18 Å². The first-order valence-corrected chi connectivity index (χ1v) is 5.44. The van der Waals surface area contributed by atoms with Crippen LogP contribution in [0.5, 0.6) is 0 Å². The van der Waals surface area contributed by atoms with Crippen LogP contribution >= 0.6 is 11.6 Å². The zero-order valence-corrected chi connectivity index (χ0v) is 9.30. The van der Waals surface area contributed by atoms with Crippen LogP contribution < -0.4 is 11.1 Å². The molecule has 5 heteroatoms. The summed E-state index contributed by atoms with van der Waals surface area (Å²) in [5, 5.41) is 2.86. The quantitative estimate of drug-likeness (QED) is 0.789. The van der Waals surface area contributed by atoms with E-state index in [1.165, 1.54) is 12.1 Å². The third-order valence-electron chi connectivity index (χ3n) is 2.67. The summed E-state index contributed by atoms with van der Waals surface area (Å²) in [6.07, 6.45) is 0.944. The number of benzene rings is 1. The molecule has 2 rings (SSSR count). The van der Waals surface area contributed by atoms with Gasteiger partial charge in [0.25, 0.3) is 0 Å². The molecule has 16 heavy (non-hydrogen) atoms. The molecule has 0 aromatic heterocycles. The van der Waals surface area contributed by atoms with Crippen molar-refractivity contribution in [2.45, 2.75) is 24.9 Å². The predicted octanol–water partition coefficient (Wildman–Crippen LogP) is 1.76. The molecule has 86 valence electrons. The van der Waals surface area contributed by atoms with Crippen LogP contribution in [0.4, 0.5) is 4.39 Å². The van der Waals surface area contributed by atoms with Crippen LogP contribution in [-0.2, 0) is 4.79 Å². The molecule has 3 nitrogen and oxygen atoms in total. The molecule has 2 atom stereocenters. The van der Waals surface area contributed by atoms with Gasteiger partial charge in [-0.2, -0.15) is 0 Å². The Morgan fingerprint density at radius 2 is 2.25 bits per heavy atom. The highest BCUT2D eigenvalue weighted by atomic mass is 35.5. The van der Waals surface area contributed by atoms with Crippen molar-refractivity contribution in [2.75, 3.05) is 0 Å². The van der Waals surface area contributed by atoms with Crippen molar-refractivity contribution in [3.8, 4) is 0 Å². The lowest BCUT2D eigenvalue weighted by Crippen LogP contribution is -2.42. The van der Waals surface area contributed by atoms with Gasteiger partial charge in [0.15, 0.2) is 0 Å². The lowest BCUT2D eigenvalue weighted by Gasteiger charge is -2.28. The summed E-state index contributed by atoms with van der Waals surface area (Å²) in [7, 11) is 0. The van der Waals surface area contributed by atoms with Gasteiger partial charge in [0.1, 0.15) is 5.82 Å². The zero-order chi connectivity index (χ0) is 11.7. The van der Waals surface area contributed by atoms with Gasteiger partial charge < -0.3 is 11.1 Å². The van der Waals surface area contributed by atoms with Gasteiger partial charge in [0.2, 0.25) is 5.91 Å². The minimum atomic E-state index is -0.479. The maximum Gasteiger partial charge on any atom is 0.222 e. The molecule has 1 heterocycles. The summed E-state index contributed by atoms with van der Waals surface area (Å²) in [5.74, 6) is -0.577. The van der Waals surface area contributed by atoms with Gasteiger partial charge in [0, 0.05) is 12.5 Å². The van der Waals surface area contributed by atoms with Gasteiger partial charge in [-0.3, -0.25) is 4.79 Å². The number of nitrogens with one attached hydrogen (secondary N) is 1. The number of carbonyl (C=O) groups excluding carboxylic acids is 1. The molecule has 1 aromatic rings. The van der Waals surface area contributed by atoms with Crippen LogP contribution in [-0.4, -0.2) is 11.9 Å². The summed E-state index contributed by atoms with van der Waals surface area (Å²) >= 11 is 5.59. The largest absolute Gasteiger partial charge is 0.349 e. The van der Waals surface area contributed by atoms with Crippen molar-refractivity contribution >= 4 is 17.5 Å². The molecule has 3 N–H and O–H groups in total. The maximum absolute atomic E-state index is 13.3. The molecule has 1 aliphatic rings. The first-order chi connectivity index (χ1) is 7.56. The molecule has 0 aliphatic carbocycles. The minimum Gasteiger partial charge on any atom is -0.349 e. The van der Waals surface area contributed by atoms with Gasteiger partial charge in [0.05, 0.1) is 11.1 Å². The van der Waals surface area contributed by atoms with E-state index >= 15 is 0 Å². The number of amides is 1. The number of rotatable bonds is 1. The van der Waals surface area contributed by atoms with Crippen molar-refractivity contribution in [3.05, 3.63) is 34.6 Å². The number of carbonyl (C=O) groups is 1. The third kappa shape index (κ3) is 2.33. The Hall–Kier alpha value is -1.13. The standard InChI is InChI=1S/C11H12ClFN2O/c12-8-2-1-6(3-9(8)13)10-4-7(14)5-11(16)15-10/h1-3,7,10H,4-5,14H2,(H,15,16). The SMILES string of the molecule is NC1CC(=O)NC(c2ccc(Cl)c(F)c2)C1. The summed E-state index contributed by atoms with van der Waals surface area (Å²) in [5.41, 5.74) is 6.44.